The fourth-order valence-corrected chi connectivity index (χ4v) is 0.605. The van der Waals surface area contributed by atoms with Crippen molar-refractivity contribution in [1.82, 2.24) is 4.90 Å². The Morgan fingerprint density at radius 1 is 1.75 bits per heavy atom. The van der Waals surface area contributed by atoms with Gasteiger partial charge in [0, 0.05) is 0 Å². The summed E-state index contributed by atoms with van der Waals surface area (Å²) in [5.74, 6) is 0. The molecule has 1 aliphatic heterocycles. The van der Waals surface area contributed by atoms with Crippen LogP contribution in [-0.4, -0.2) is 30.2 Å². The first-order valence-electron chi connectivity index (χ1n) is 2.38. The second-order valence-electron chi connectivity index (χ2n) is 1.84. The van der Waals surface area contributed by atoms with Crippen LogP contribution in [0.3, 0.4) is 0 Å². The maximum Gasteiger partial charge on any atom is 0.314 e. The molecular weight excluding hydrogens is 111 g/mol. The molecule has 2 amide bonds. The van der Waals surface area contributed by atoms with Crippen molar-refractivity contribution in [2.75, 3.05) is 13.1 Å². The smallest absolute Gasteiger partial charge is 0.314 e. The SMILES string of the molecule is NC(=O)N1CC(F)C1. The third-order valence-electron chi connectivity index (χ3n) is 1.15. The molecule has 46 valence electrons. The van der Waals surface area contributed by atoms with Crippen LogP contribution in [0.15, 0.2) is 0 Å². The number of hydrogen-bond donors (Lipinski definition) is 1. The third kappa shape index (κ3) is 0.731. The van der Waals surface area contributed by atoms with Crippen molar-refractivity contribution in [3.63, 3.8) is 0 Å². The lowest BCUT2D eigenvalue weighted by Crippen LogP contribution is -2.53. The van der Waals surface area contributed by atoms with Crippen molar-refractivity contribution in [1.29, 1.82) is 0 Å². The molecule has 8 heavy (non-hydrogen) atoms. The van der Waals surface area contributed by atoms with E-state index in [1.54, 1.807) is 0 Å². The molecule has 0 spiro atoms. The summed E-state index contributed by atoms with van der Waals surface area (Å²) in [5, 5.41) is 0. The largest absolute Gasteiger partial charge is 0.351 e. The van der Waals surface area contributed by atoms with Gasteiger partial charge in [-0.3, -0.25) is 0 Å². The Hall–Kier alpha value is -0.800. The normalized spacial score (nSPS) is 20.4. The van der Waals surface area contributed by atoms with Crippen molar-refractivity contribution in [2.45, 2.75) is 6.17 Å². The third-order valence-corrected chi connectivity index (χ3v) is 1.15. The second kappa shape index (κ2) is 1.61. The molecule has 1 fully saturated rings. The summed E-state index contributed by atoms with van der Waals surface area (Å²) < 4.78 is 11.9. The number of nitrogens with zero attached hydrogens (tertiary/aromatic N) is 1. The summed E-state index contributed by atoms with van der Waals surface area (Å²) >= 11 is 0. The summed E-state index contributed by atoms with van der Waals surface area (Å²) in [5.41, 5.74) is 4.78. The standard InChI is InChI=1S/C4H7FN2O/c5-3-1-7(2-3)4(6)8/h3H,1-2H2,(H2,6,8). The minimum atomic E-state index is -0.845. The highest BCUT2D eigenvalue weighted by Crippen LogP contribution is 2.09. The van der Waals surface area contributed by atoms with Gasteiger partial charge in [-0.15, -0.1) is 0 Å². The molecule has 0 atom stereocenters. The number of alkyl halides is 1. The lowest BCUT2D eigenvalue weighted by Gasteiger charge is -2.32. The first kappa shape index (κ1) is 5.34. The highest BCUT2D eigenvalue weighted by atomic mass is 19.1. The summed E-state index contributed by atoms with van der Waals surface area (Å²) in [6.07, 6.45) is -0.845. The number of primary amides is 1. The zero-order valence-corrected chi connectivity index (χ0v) is 4.30. The van der Waals surface area contributed by atoms with Gasteiger partial charge in [0.2, 0.25) is 0 Å². The number of halogens is 1. The van der Waals surface area contributed by atoms with Crippen LogP contribution in [0.4, 0.5) is 9.18 Å². The van der Waals surface area contributed by atoms with Gasteiger partial charge in [-0.25, -0.2) is 9.18 Å². The van der Waals surface area contributed by atoms with Crippen molar-refractivity contribution < 1.29 is 9.18 Å². The van der Waals surface area contributed by atoms with Gasteiger partial charge < -0.3 is 10.6 Å². The number of nitrogens with two attached hydrogens (primary N) is 1. The average molecular weight is 118 g/mol. The number of carbonyl (C=O) groups excluding carboxylic acids is 1. The van der Waals surface area contributed by atoms with Crippen molar-refractivity contribution >= 4 is 6.03 Å². The summed E-state index contributed by atoms with van der Waals surface area (Å²) in [4.78, 5) is 11.4. The Balaban J connectivity index is 2.25. The number of urea groups is 1. The van der Waals surface area contributed by atoms with Crippen LogP contribution in [0, 0.1) is 0 Å². The van der Waals surface area contributed by atoms with Crippen LogP contribution in [-0.2, 0) is 0 Å². The number of hydrogen-bond acceptors (Lipinski definition) is 1. The second-order valence-corrected chi connectivity index (χ2v) is 1.84. The van der Waals surface area contributed by atoms with Crippen LogP contribution >= 0.6 is 0 Å². The predicted molar refractivity (Wildman–Crippen MR) is 26.1 cm³/mol. The zero-order chi connectivity index (χ0) is 6.15. The van der Waals surface area contributed by atoms with Gasteiger partial charge >= 0.3 is 6.03 Å². The molecule has 0 saturated carbocycles. The molecule has 3 nitrogen and oxygen atoms in total. The Bertz CT molecular complexity index is 111. The highest BCUT2D eigenvalue weighted by molar-refractivity contribution is 5.72. The van der Waals surface area contributed by atoms with E-state index in [2.05, 4.69) is 0 Å². The van der Waals surface area contributed by atoms with E-state index in [1.165, 1.54) is 4.90 Å². The number of likely N-dealkylation sites (tertiary alicyclic amines) is 1. The Morgan fingerprint density at radius 3 is 2.38 bits per heavy atom. The first-order chi connectivity index (χ1) is 3.70. The van der Waals surface area contributed by atoms with Gasteiger partial charge in [0.1, 0.15) is 6.17 Å². The fourth-order valence-electron chi connectivity index (χ4n) is 0.605. The van der Waals surface area contributed by atoms with E-state index in [0.29, 0.717) is 0 Å². The molecular formula is C4H7FN2O. The van der Waals surface area contributed by atoms with Crippen LogP contribution in [0.1, 0.15) is 0 Å². The Morgan fingerprint density at radius 2 is 2.25 bits per heavy atom. The minimum Gasteiger partial charge on any atom is -0.351 e. The highest BCUT2D eigenvalue weighted by Gasteiger charge is 2.28. The summed E-state index contributed by atoms with van der Waals surface area (Å²) in [6.45, 7) is 0.352. The molecule has 0 aromatic rings. The quantitative estimate of drug-likeness (QED) is 0.467. The number of amides is 2. The molecule has 0 unspecified atom stereocenters. The van der Waals surface area contributed by atoms with Crippen LogP contribution in [0.25, 0.3) is 0 Å². The maximum atomic E-state index is 11.9. The molecule has 1 heterocycles. The number of carbonyl (C=O) groups is 1. The molecule has 4 heteroatoms. The zero-order valence-electron chi connectivity index (χ0n) is 4.30. The van der Waals surface area contributed by atoms with Crippen molar-refractivity contribution in [2.24, 2.45) is 5.73 Å². The van der Waals surface area contributed by atoms with E-state index in [1.807, 2.05) is 0 Å². The lowest BCUT2D eigenvalue weighted by molar-refractivity contribution is 0.0950. The molecule has 1 aliphatic rings. The van der Waals surface area contributed by atoms with Gasteiger partial charge in [0.25, 0.3) is 0 Å². The molecule has 0 radical (unpaired) electrons. The monoisotopic (exact) mass is 118 g/mol. The summed E-state index contributed by atoms with van der Waals surface area (Å²) in [6, 6.07) is -0.529. The molecule has 0 aliphatic carbocycles. The van der Waals surface area contributed by atoms with E-state index < -0.39 is 12.2 Å². The van der Waals surface area contributed by atoms with E-state index in [4.69, 9.17) is 5.73 Å². The van der Waals surface area contributed by atoms with Gasteiger partial charge in [0.05, 0.1) is 13.1 Å². The van der Waals surface area contributed by atoms with Gasteiger partial charge in [-0.1, -0.05) is 0 Å². The lowest BCUT2D eigenvalue weighted by atomic mass is 10.2. The number of rotatable bonds is 0. The topological polar surface area (TPSA) is 46.3 Å². The molecule has 0 bridgehead atoms. The Kier molecular flexibility index (Phi) is 1.08. The van der Waals surface area contributed by atoms with Gasteiger partial charge in [-0.2, -0.15) is 0 Å². The molecule has 0 aromatic heterocycles. The van der Waals surface area contributed by atoms with Crippen LogP contribution in [0.5, 0.6) is 0 Å². The molecule has 1 saturated heterocycles. The van der Waals surface area contributed by atoms with Crippen LogP contribution < -0.4 is 5.73 Å². The van der Waals surface area contributed by atoms with E-state index in [-0.39, 0.29) is 13.1 Å². The average Bonchev–Trinajstić information content (AvgIpc) is 1.57. The van der Waals surface area contributed by atoms with Gasteiger partial charge in [0.15, 0.2) is 0 Å². The van der Waals surface area contributed by atoms with Crippen LogP contribution in [0.2, 0.25) is 0 Å². The Labute approximate surface area is 46.3 Å². The van der Waals surface area contributed by atoms with E-state index >= 15 is 0 Å². The predicted octanol–water partition coefficient (Wildman–Crippen LogP) is -0.281. The van der Waals surface area contributed by atoms with E-state index in [9.17, 15) is 9.18 Å². The van der Waals surface area contributed by atoms with Gasteiger partial charge in [-0.05, 0) is 0 Å². The first-order valence-corrected chi connectivity index (χ1v) is 2.38. The molecule has 1 rings (SSSR count). The molecule has 0 aromatic carbocycles. The minimum absolute atomic E-state index is 0.176. The van der Waals surface area contributed by atoms with E-state index in [0.717, 1.165) is 0 Å². The van der Waals surface area contributed by atoms with Crippen molar-refractivity contribution in [3.05, 3.63) is 0 Å². The maximum absolute atomic E-state index is 11.9. The van der Waals surface area contributed by atoms with Crippen molar-refractivity contribution in [3.8, 4) is 0 Å². The summed E-state index contributed by atoms with van der Waals surface area (Å²) in [7, 11) is 0. The fraction of sp³-hybridized carbons (Fsp3) is 0.750. The molecule has 2 N–H and O–H groups in total.